The van der Waals surface area contributed by atoms with Gasteiger partial charge in [-0.05, 0) is 24.8 Å². The summed E-state index contributed by atoms with van der Waals surface area (Å²) in [6.45, 7) is 4.31. The van der Waals surface area contributed by atoms with Gasteiger partial charge in [-0.1, -0.05) is 0 Å². The van der Waals surface area contributed by atoms with Gasteiger partial charge in [0.25, 0.3) is 0 Å². The summed E-state index contributed by atoms with van der Waals surface area (Å²) in [4.78, 5) is 3.57. The molecule has 0 aromatic carbocycles. The molecule has 0 fully saturated rings. The van der Waals surface area contributed by atoms with Gasteiger partial charge in [-0.2, -0.15) is 0 Å². The van der Waals surface area contributed by atoms with Crippen molar-refractivity contribution in [2.24, 2.45) is 0 Å². The maximum atomic E-state index is 2.20. The number of thiophene rings is 1. The number of nitrogens with zero attached hydrogens (tertiary/aromatic N) is 1. The molecule has 0 aliphatic carbocycles. The van der Waals surface area contributed by atoms with E-state index >= 15 is 0 Å². The first-order chi connectivity index (χ1) is 4.63. The lowest BCUT2D eigenvalue weighted by molar-refractivity contribution is 1.11. The fourth-order valence-corrected chi connectivity index (χ4v) is 2.15. The van der Waals surface area contributed by atoms with Gasteiger partial charge in [0.05, 0.1) is 5.69 Å². The molecular formula is C8H13NS. The molecule has 0 saturated heterocycles. The average molecular weight is 155 g/mol. The SMILES string of the molecule is Cc1csc(C)c1N(C)C. The lowest BCUT2D eigenvalue weighted by atomic mass is 10.3. The van der Waals surface area contributed by atoms with Gasteiger partial charge in [0, 0.05) is 19.0 Å². The Bertz CT molecular complexity index is 206. The summed E-state index contributed by atoms with van der Waals surface area (Å²) in [5, 5.41) is 2.20. The van der Waals surface area contributed by atoms with Crippen LogP contribution in [0.25, 0.3) is 0 Å². The lowest BCUT2D eigenvalue weighted by Crippen LogP contribution is -2.09. The number of hydrogen-bond donors (Lipinski definition) is 0. The third-order valence-electron chi connectivity index (χ3n) is 1.57. The molecule has 0 radical (unpaired) electrons. The molecule has 1 aromatic heterocycles. The summed E-state index contributed by atoms with van der Waals surface area (Å²) in [6.07, 6.45) is 0. The molecule has 0 atom stereocenters. The Morgan fingerprint density at radius 3 is 2.10 bits per heavy atom. The Morgan fingerprint density at radius 2 is 1.90 bits per heavy atom. The second-order valence-corrected chi connectivity index (χ2v) is 3.80. The molecule has 2 heteroatoms. The van der Waals surface area contributed by atoms with Gasteiger partial charge in [0.1, 0.15) is 0 Å². The van der Waals surface area contributed by atoms with E-state index in [-0.39, 0.29) is 0 Å². The monoisotopic (exact) mass is 155 g/mol. The van der Waals surface area contributed by atoms with E-state index < -0.39 is 0 Å². The van der Waals surface area contributed by atoms with Gasteiger partial charge >= 0.3 is 0 Å². The first kappa shape index (κ1) is 7.61. The molecule has 0 bridgehead atoms. The van der Waals surface area contributed by atoms with E-state index in [9.17, 15) is 0 Å². The Hall–Kier alpha value is -0.500. The summed E-state index contributed by atoms with van der Waals surface area (Å²) in [6, 6.07) is 0. The molecular weight excluding hydrogens is 142 g/mol. The van der Waals surface area contributed by atoms with Crippen LogP contribution in [0.15, 0.2) is 5.38 Å². The van der Waals surface area contributed by atoms with E-state index in [4.69, 9.17) is 0 Å². The first-order valence-electron chi connectivity index (χ1n) is 3.35. The standard InChI is InChI=1S/C8H13NS/c1-6-5-10-7(2)8(6)9(3)4/h5H,1-4H3. The third-order valence-corrected chi connectivity index (χ3v) is 2.58. The van der Waals surface area contributed by atoms with Crippen molar-refractivity contribution in [1.82, 2.24) is 0 Å². The summed E-state index contributed by atoms with van der Waals surface area (Å²) < 4.78 is 0. The minimum Gasteiger partial charge on any atom is -0.377 e. The van der Waals surface area contributed by atoms with Crippen molar-refractivity contribution in [2.75, 3.05) is 19.0 Å². The van der Waals surface area contributed by atoms with Crippen molar-refractivity contribution < 1.29 is 0 Å². The molecule has 1 aromatic rings. The highest BCUT2D eigenvalue weighted by molar-refractivity contribution is 7.10. The summed E-state index contributed by atoms with van der Waals surface area (Å²) in [7, 11) is 4.17. The summed E-state index contributed by atoms with van der Waals surface area (Å²) >= 11 is 1.82. The number of hydrogen-bond acceptors (Lipinski definition) is 2. The quantitative estimate of drug-likeness (QED) is 0.602. The van der Waals surface area contributed by atoms with Crippen molar-refractivity contribution in [3.8, 4) is 0 Å². The molecule has 10 heavy (non-hydrogen) atoms. The Kier molecular flexibility index (Phi) is 2.00. The minimum absolute atomic E-state index is 1.38. The molecule has 0 saturated carbocycles. The van der Waals surface area contributed by atoms with Crippen molar-refractivity contribution in [2.45, 2.75) is 13.8 Å². The molecule has 0 amide bonds. The number of aryl methyl sites for hydroxylation is 2. The predicted molar refractivity (Wildman–Crippen MR) is 48.1 cm³/mol. The second kappa shape index (κ2) is 2.62. The highest BCUT2D eigenvalue weighted by Gasteiger charge is 2.04. The summed E-state index contributed by atoms with van der Waals surface area (Å²) in [5.41, 5.74) is 2.76. The van der Waals surface area contributed by atoms with Crippen molar-refractivity contribution in [3.63, 3.8) is 0 Å². The fraction of sp³-hybridized carbons (Fsp3) is 0.500. The Morgan fingerprint density at radius 1 is 1.30 bits per heavy atom. The van der Waals surface area contributed by atoms with Crippen LogP contribution in [0.2, 0.25) is 0 Å². The van der Waals surface area contributed by atoms with Crippen LogP contribution in [0.1, 0.15) is 10.4 Å². The second-order valence-electron chi connectivity index (χ2n) is 2.72. The fourth-order valence-electron chi connectivity index (χ4n) is 1.23. The van der Waals surface area contributed by atoms with E-state index in [1.165, 1.54) is 16.1 Å². The molecule has 0 aliphatic rings. The molecule has 1 heterocycles. The maximum Gasteiger partial charge on any atom is 0.0529 e. The number of rotatable bonds is 1. The van der Waals surface area contributed by atoms with Gasteiger partial charge in [-0.25, -0.2) is 0 Å². The van der Waals surface area contributed by atoms with E-state index in [1.807, 2.05) is 11.3 Å². The molecule has 0 aliphatic heterocycles. The van der Waals surface area contributed by atoms with Crippen molar-refractivity contribution in [1.29, 1.82) is 0 Å². The molecule has 0 unspecified atom stereocenters. The zero-order valence-electron chi connectivity index (χ0n) is 6.93. The molecule has 1 rings (SSSR count). The van der Waals surface area contributed by atoms with Gasteiger partial charge in [-0.15, -0.1) is 11.3 Å². The van der Waals surface area contributed by atoms with E-state index in [2.05, 4.69) is 38.2 Å². The smallest absolute Gasteiger partial charge is 0.0529 e. The van der Waals surface area contributed by atoms with Crippen molar-refractivity contribution >= 4 is 17.0 Å². The molecule has 56 valence electrons. The van der Waals surface area contributed by atoms with Gasteiger partial charge < -0.3 is 4.90 Å². The van der Waals surface area contributed by atoms with Crippen molar-refractivity contribution in [3.05, 3.63) is 15.8 Å². The highest BCUT2D eigenvalue weighted by atomic mass is 32.1. The van der Waals surface area contributed by atoms with Crippen LogP contribution >= 0.6 is 11.3 Å². The molecule has 0 N–H and O–H groups in total. The normalized spacial score (nSPS) is 10.0. The van der Waals surface area contributed by atoms with E-state index in [0.717, 1.165) is 0 Å². The average Bonchev–Trinajstić information content (AvgIpc) is 2.11. The highest BCUT2D eigenvalue weighted by Crippen LogP contribution is 2.28. The Balaban J connectivity index is 3.10. The molecule has 1 nitrogen and oxygen atoms in total. The van der Waals surface area contributed by atoms with E-state index in [1.54, 1.807) is 0 Å². The maximum absolute atomic E-state index is 2.20. The zero-order chi connectivity index (χ0) is 7.72. The minimum atomic E-state index is 1.38. The van der Waals surface area contributed by atoms with Crippen LogP contribution in [-0.2, 0) is 0 Å². The predicted octanol–water partition coefficient (Wildman–Crippen LogP) is 2.43. The number of anilines is 1. The lowest BCUT2D eigenvalue weighted by Gasteiger charge is -2.12. The largest absolute Gasteiger partial charge is 0.377 e. The van der Waals surface area contributed by atoms with Crippen LogP contribution < -0.4 is 4.90 Å². The third kappa shape index (κ3) is 1.16. The van der Waals surface area contributed by atoms with Crippen LogP contribution in [0.5, 0.6) is 0 Å². The molecule has 0 spiro atoms. The van der Waals surface area contributed by atoms with E-state index in [0.29, 0.717) is 0 Å². The van der Waals surface area contributed by atoms with Gasteiger partial charge in [0.2, 0.25) is 0 Å². The topological polar surface area (TPSA) is 3.24 Å². The first-order valence-corrected chi connectivity index (χ1v) is 4.23. The van der Waals surface area contributed by atoms with Crippen LogP contribution in [0.3, 0.4) is 0 Å². The van der Waals surface area contributed by atoms with Crippen LogP contribution in [0.4, 0.5) is 5.69 Å². The van der Waals surface area contributed by atoms with Gasteiger partial charge in [-0.3, -0.25) is 0 Å². The Labute approximate surface area is 66.3 Å². The zero-order valence-corrected chi connectivity index (χ0v) is 7.75. The van der Waals surface area contributed by atoms with Gasteiger partial charge in [0.15, 0.2) is 0 Å². The van der Waals surface area contributed by atoms with Crippen LogP contribution in [0, 0.1) is 13.8 Å². The summed E-state index contributed by atoms with van der Waals surface area (Å²) in [5.74, 6) is 0. The van der Waals surface area contributed by atoms with Crippen LogP contribution in [-0.4, -0.2) is 14.1 Å².